The van der Waals surface area contributed by atoms with Gasteiger partial charge in [-0.05, 0) is 31.0 Å². The Balaban J connectivity index is 1.99. The summed E-state index contributed by atoms with van der Waals surface area (Å²) < 4.78 is 0. The summed E-state index contributed by atoms with van der Waals surface area (Å²) in [5, 5.41) is 3.46. The van der Waals surface area contributed by atoms with Crippen molar-refractivity contribution >= 4 is 0 Å². The lowest BCUT2D eigenvalue weighted by atomic mass is 10.1. The maximum atomic E-state index is 4.19. The number of hydrogen-bond donors (Lipinski definition) is 1. The van der Waals surface area contributed by atoms with Crippen molar-refractivity contribution in [3.8, 4) is 0 Å². The molecule has 0 saturated carbocycles. The topological polar surface area (TPSA) is 28.2 Å². The normalized spacial score (nSPS) is 22.9. The number of nitrogens with zero attached hydrogens (tertiary/aromatic N) is 2. The Labute approximate surface area is 91.5 Å². The van der Waals surface area contributed by atoms with E-state index in [0.29, 0.717) is 6.04 Å². The predicted octanol–water partition coefficient (Wildman–Crippen LogP) is 1.18. The standard InChI is InChI=1S/C12H19N3/c1-10-3-4-13-7-12(10)9-15-6-5-14-11(2)8-15/h3-4,7,11,14H,5-6,8-9H2,1-2H3/t11-/m0/s1. The van der Waals surface area contributed by atoms with E-state index in [-0.39, 0.29) is 0 Å². The van der Waals surface area contributed by atoms with Gasteiger partial charge >= 0.3 is 0 Å². The maximum absolute atomic E-state index is 4.19. The molecule has 3 nitrogen and oxygen atoms in total. The molecule has 0 unspecified atom stereocenters. The van der Waals surface area contributed by atoms with Crippen molar-refractivity contribution < 1.29 is 0 Å². The molecule has 2 rings (SSSR count). The van der Waals surface area contributed by atoms with E-state index >= 15 is 0 Å². The number of aryl methyl sites for hydroxylation is 1. The Morgan fingerprint density at radius 1 is 1.60 bits per heavy atom. The third-order valence-electron chi connectivity index (χ3n) is 2.99. The monoisotopic (exact) mass is 205 g/mol. The molecule has 1 atom stereocenters. The first kappa shape index (κ1) is 10.6. The van der Waals surface area contributed by atoms with Crippen molar-refractivity contribution in [1.29, 1.82) is 0 Å². The molecular formula is C12H19N3. The van der Waals surface area contributed by atoms with Gasteiger partial charge in [0.15, 0.2) is 0 Å². The maximum Gasteiger partial charge on any atom is 0.0315 e. The Bertz CT molecular complexity index is 324. The van der Waals surface area contributed by atoms with Crippen molar-refractivity contribution in [1.82, 2.24) is 15.2 Å². The minimum atomic E-state index is 0.607. The van der Waals surface area contributed by atoms with Crippen LogP contribution in [-0.2, 0) is 6.54 Å². The molecule has 1 aliphatic rings. The molecule has 0 radical (unpaired) electrons. The molecule has 1 aliphatic heterocycles. The highest BCUT2D eigenvalue weighted by molar-refractivity contribution is 5.21. The zero-order chi connectivity index (χ0) is 10.7. The van der Waals surface area contributed by atoms with Gasteiger partial charge < -0.3 is 5.32 Å². The zero-order valence-corrected chi connectivity index (χ0v) is 9.53. The van der Waals surface area contributed by atoms with E-state index < -0.39 is 0 Å². The Morgan fingerprint density at radius 3 is 3.20 bits per heavy atom. The van der Waals surface area contributed by atoms with Crippen LogP contribution >= 0.6 is 0 Å². The van der Waals surface area contributed by atoms with Crippen LogP contribution in [0.15, 0.2) is 18.5 Å². The van der Waals surface area contributed by atoms with Gasteiger partial charge in [-0.1, -0.05) is 0 Å². The highest BCUT2D eigenvalue weighted by atomic mass is 15.2. The lowest BCUT2D eigenvalue weighted by molar-refractivity contribution is 0.199. The third-order valence-corrected chi connectivity index (χ3v) is 2.99. The predicted molar refractivity (Wildman–Crippen MR) is 61.7 cm³/mol. The van der Waals surface area contributed by atoms with Crippen LogP contribution in [0.3, 0.4) is 0 Å². The van der Waals surface area contributed by atoms with E-state index in [1.54, 1.807) is 0 Å². The SMILES string of the molecule is Cc1ccncc1CN1CCN[C@@H](C)C1. The van der Waals surface area contributed by atoms with Crippen LogP contribution in [0.4, 0.5) is 0 Å². The van der Waals surface area contributed by atoms with E-state index in [1.165, 1.54) is 11.1 Å². The van der Waals surface area contributed by atoms with Crippen molar-refractivity contribution in [2.75, 3.05) is 19.6 Å². The fraction of sp³-hybridized carbons (Fsp3) is 0.583. The lowest BCUT2D eigenvalue weighted by Crippen LogP contribution is -2.48. The molecule has 1 aromatic rings. The van der Waals surface area contributed by atoms with Gasteiger partial charge in [0.1, 0.15) is 0 Å². The number of nitrogens with one attached hydrogen (secondary N) is 1. The number of aromatic nitrogens is 1. The van der Waals surface area contributed by atoms with E-state index in [1.807, 2.05) is 12.4 Å². The third kappa shape index (κ3) is 2.76. The summed E-state index contributed by atoms with van der Waals surface area (Å²) in [5.41, 5.74) is 2.70. The largest absolute Gasteiger partial charge is 0.312 e. The van der Waals surface area contributed by atoms with Crippen LogP contribution in [0.25, 0.3) is 0 Å². The molecule has 3 heteroatoms. The van der Waals surface area contributed by atoms with Gasteiger partial charge in [0.2, 0.25) is 0 Å². The minimum Gasteiger partial charge on any atom is -0.312 e. The average Bonchev–Trinajstić information content (AvgIpc) is 2.22. The Kier molecular flexibility index (Phi) is 3.34. The van der Waals surface area contributed by atoms with Gasteiger partial charge in [0.05, 0.1) is 0 Å². The minimum absolute atomic E-state index is 0.607. The molecule has 1 N–H and O–H groups in total. The quantitative estimate of drug-likeness (QED) is 0.786. The molecule has 0 aromatic carbocycles. The molecule has 15 heavy (non-hydrogen) atoms. The van der Waals surface area contributed by atoms with Crippen LogP contribution in [-0.4, -0.2) is 35.6 Å². The molecule has 0 amide bonds. The van der Waals surface area contributed by atoms with Crippen LogP contribution in [0.5, 0.6) is 0 Å². The van der Waals surface area contributed by atoms with Gasteiger partial charge in [-0.3, -0.25) is 9.88 Å². The number of rotatable bonds is 2. The van der Waals surface area contributed by atoms with E-state index in [9.17, 15) is 0 Å². The summed E-state index contributed by atoms with van der Waals surface area (Å²) in [7, 11) is 0. The molecule has 1 aromatic heterocycles. The fourth-order valence-electron chi connectivity index (χ4n) is 2.06. The summed E-state index contributed by atoms with van der Waals surface area (Å²) >= 11 is 0. The van der Waals surface area contributed by atoms with Gasteiger partial charge in [-0.25, -0.2) is 0 Å². The highest BCUT2D eigenvalue weighted by Crippen LogP contribution is 2.10. The van der Waals surface area contributed by atoms with Crippen LogP contribution in [0.1, 0.15) is 18.1 Å². The Hall–Kier alpha value is -0.930. The molecule has 82 valence electrons. The van der Waals surface area contributed by atoms with Crippen LogP contribution in [0, 0.1) is 6.92 Å². The van der Waals surface area contributed by atoms with E-state index in [0.717, 1.165) is 26.2 Å². The first-order valence-corrected chi connectivity index (χ1v) is 5.61. The molecule has 1 saturated heterocycles. The van der Waals surface area contributed by atoms with Crippen molar-refractivity contribution in [3.63, 3.8) is 0 Å². The van der Waals surface area contributed by atoms with Crippen LogP contribution in [0.2, 0.25) is 0 Å². The summed E-state index contributed by atoms with van der Waals surface area (Å²) in [6.07, 6.45) is 3.85. The average molecular weight is 205 g/mol. The number of hydrogen-bond acceptors (Lipinski definition) is 3. The second kappa shape index (κ2) is 4.73. The number of piperazine rings is 1. The molecule has 0 spiro atoms. The van der Waals surface area contributed by atoms with Gasteiger partial charge in [-0.2, -0.15) is 0 Å². The summed E-state index contributed by atoms with van der Waals surface area (Å²) in [6, 6.07) is 2.69. The highest BCUT2D eigenvalue weighted by Gasteiger charge is 2.15. The second-order valence-corrected chi connectivity index (χ2v) is 4.39. The fourth-order valence-corrected chi connectivity index (χ4v) is 2.06. The zero-order valence-electron chi connectivity index (χ0n) is 9.53. The van der Waals surface area contributed by atoms with Gasteiger partial charge in [0.25, 0.3) is 0 Å². The smallest absolute Gasteiger partial charge is 0.0315 e. The van der Waals surface area contributed by atoms with E-state index in [2.05, 4.69) is 35.1 Å². The summed E-state index contributed by atoms with van der Waals surface area (Å²) in [5.74, 6) is 0. The van der Waals surface area contributed by atoms with Crippen molar-refractivity contribution in [2.45, 2.75) is 26.4 Å². The summed E-state index contributed by atoms with van der Waals surface area (Å²) in [6.45, 7) is 8.80. The van der Waals surface area contributed by atoms with Crippen LogP contribution < -0.4 is 5.32 Å². The molecule has 2 heterocycles. The number of pyridine rings is 1. The van der Waals surface area contributed by atoms with Gasteiger partial charge in [0, 0.05) is 44.6 Å². The summed E-state index contributed by atoms with van der Waals surface area (Å²) in [4.78, 5) is 6.68. The molecular weight excluding hydrogens is 186 g/mol. The first-order chi connectivity index (χ1) is 7.25. The Morgan fingerprint density at radius 2 is 2.47 bits per heavy atom. The second-order valence-electron chi connectivity index (χ2n) is 4.39. The molecule has 0 aliphatic carbocycles. The lowest BCUT2D eigenvalue weighted by Gasteiger charge is -2.32. The van der Waals surface area contributed by atoms with E-state index in [4.69, 9.17) is 0 Å². The first-order valence-electron chi connectivity index (χ1n) is 5.61. The molecule has 1 fully saturated rings. The van der Waals surface area contributed by atoms with Crippen molar-refractivity contribution in [2.24, 2.45) is 0 Å². The van der Waals surface area contributed by atoms with Gasteiger partial charge in [-0.15, -0.1) is 0 Å². The molecule has 0 bridgehead atoms. The van der Waals surface area contributed by atoms with Crippen molar-refractivity contribution in [3.05, 3.63) is 29.6 Å².